The van der Waals surface area contributed by atoms with Gasteiger partial charge in [0.1, 0.15) is 6.29 Å². The Balaban J connectivity index is 1.50. The molecule has 1 nitrogen and oxygen atoms in total. The van der Waals surface area contributed by atoms with Gasteiger partial charge < -0.3 is 0 Å². The topological polar surface area (TPSA) is 17.1 Å². The van der Waals surface area contributed by atoms with Gasteiger partial charge in [0.25, 0.3) is 0 Å². The molecule has 114 valence electrons. The molecule has 4 aliphatic rings. The van der Waals surface area contributed by atoms with Crippen LogP contribution in [0.2, 0.25) is 0 Å². The van der Waals surface area contributed by atoms with Crippen LogP contribution < -0.4 is 0 Å². The molecule has 1 aromatic carbocycles. The average Bonchev–Trinajstić information content (AvgIpc) is 2.52. The van der Waals surface area contributed by atoms with Crippen molar-refractivity contribution in [3.05, 3.63) is 53.1 Å². The predicted molar refractivity (Wildman–Crippen MR) is 90.4 cm³/mol. The van der Waals surface area contributed by atoms with Crippen molar-refractivity contribution >= 4 is 12.4 Å². The summed E-state index contributed by atoms with van der Waals surface area (Å²) in [7, 11) is 0. The number of rotatable bonds is 4. The summed E-state index contributed by atoms with van der Waals surface area (Å²) < 4.78 is 0. The first-order chi connectivity index (χ1) is 10.8. The number of hydrogen-bond donors (Lipinski definition) is 0. The molecule has 0 unspecified atom stereocenters. The van der Waals surface area contributed by atoms with Crippen LogP contribution >= 0.6 is 0 Å². The van der Waals surface area contributed by atoms with Crippen molar-refractivity contribution in [1.82, 2.24) is 0 Å². The van der Waals surface area contributed by atoms with E-state index in [-0.39, 0.29) is 0 Å². The Hall–Kier alpha value is -1.63. The molecule has 1 aromatic rings. The summed E-state index contributed by atoms with van der Waals surface area (Å²) in [4.78, 5) is 10.3. The molecule has 4 bridgehead atoms. The second kappa shape index (κ2) is 5.87. The van der Waals surface area contributed by atoms with Gasteiger partial charge in [-0.2, -0.15) is 0 Å². The maximum absolute atomic E-state index is 10.3. The molecule has 0 aromatic heterocycles. The van der Waals surface area contributed by atoms with Crippen molar-refractivity contribution in [2.75, 3.05) is 0 Å². The van der Waals surface area contributed by atoms with Gasteiger partial charge in [-0.05, 0) is 79.4 Å². The molecule has 0 heterocycles. The Morgan fingerprint density at radius 2 is 1.55 bits per heavy atom. The van der Waals surface area contributed by atoms with Crippen LogP contribution in [0.4, 0.5) is 0 Å². The van der Waals surface area contributed by atoms with E-state index in [2.05, 4.69) is 30.3 Å². The van der Waals surface area contributed by atoms with Crippen molar-refractivity contribution < 1.29 is 4.79 Å². The number of benzene rings is 1. The average molecular weight is 292 g/mol. The fraction of sp³-hybridized carbons (Fsp3) is 0.476. The lowest BCUT2D eigenvalue weighted by molar-refractivity contribution is -0.104. The third-order valence-corrected chi connectivity index (χ3v) is 5.96. The number of aldehydes is 1. The molecule has 0 atom stereocenters. The van der Waals surface area contributed by atoms with Gasteiger partial charge in [-0.3, -0.25) is 4.79 Å². The van der Waals surface area contributed by atoms with E-state index in [1.807, 2.05) is 6.08 Å². The molecule has 4 aliphatic carbocycles. The van der Waals surface area contributed by atoms with Crippen molar-refractivity contribution in [3.8, 4) is 0 Å². The molecule has 0 aliphatic heterocycles. The lowest BCUT2D eigenvalue weighted by Crippen LogP contribution is -2.40. The highest BCUT2D eigenvalue weighted by molar-refractivity contribution is 5.64. The van der Waals surface area contributed by atoms with Gasteiger partial charge in [0.05, 0.1) is 0 Å². The maximum Gasteiger partial charge on any atom is 0.142 e. The van der Waals surface area contributed by atoms with E-state index in [0.29, 0.717) is 0 Å². The van der Waals surface area contributed by atoms with E-state index in [4.69, 9.17) is 0 Å². The van der Waals surface area contributed by atoms with Crippen molar-refractivity contribution in [2.24, 2.45) is 23.7 Å². The Bertz CT molecular complexity index is 575. The molecule has 4 fully saturated rings. The third-order valence-electron chi connectivity index (χ3n) is 5.96. The summed E-state index contributed by atoms with van der Waals surface area (Å²) >= 11 is 0. The van der Waals surface area contributed by atoms with Gasteiger partial charge in [0.2, 0.25) is 0 Å². The minimum absolute atomic E-state index is 0.838. The minimum Gasteiger partial charge on any atom is -0.299 e. The minimum atomic E-state index is 0.838. The zero-order chi connectivity index (χ0) is 14.9. The van der Waals surface area contributed by atoms with Crippen LogP contribution in [0.1, 0.15) is 43.2 Å². The van der Waals surface area contributed by atoms with Crippen LogP contribution in [0.15, 0.2) is 42.0 Å². The molecular formula is C21H24O. The number of hydrogen-bond acceptors (Lipinski definition) is 1. The third kappa shape index (κ3) is 2.69. The monoisotopic (exact) mass is 292 g/mol. The van der Waals surface area contributed by atoms with Crippen LogP contribution in [-0.4, -0.2) is 6.29 Å². The number of carbonyl (C=O) groups is 1. The molecule has 0 saturated heterocycles. The lowest BCUT2D eigenvalue weighted by atomic mass is 9.54. The van der Waals surface area contributed by atoms with Gasteiger partial charge in [-0.25, -0.2) is 0 Å². The Labute approximate surface area is 133 Å². The second-order valence-corrected chi connectivity index (χ2v) is 7.46. The lowest BCUT2D eigenvalue weighted by Gasteiger charge is -2.51. The van der Waals surface area contributed by atoms with Crippen LogP contribution in [0.25, 0.3) is 6.08 Å². The number of carbonyl (C=O) groups excluding carboxylic acids is 1. The summed E-state index contributed by atoms with van der Waals surface area (Å²) in [6.07, 6.45) is 15.0. The molecular weight excluding hydrogens is 268 g/mol. The summed E-state index contributed by atoms with van der Waals surface area (Å²) in [5.74, 6) is 3.83. The van der Waals surface area contributed by atoms with Gasteiger partial charge >= 0.3 is 0 Å². The standard InChI is InChI=1S/C21H24O/c22-8-2-1-3-15-4-6-16(7-5-15)14-21-19-10-17-9-18(12-19)13-20(21)11-17/h1-2,4-8,14,17-20H,3,9-13H2. The Morgan fingerprint density at radius 1 is 0.909 bits per heavy atom. The zero-order valence-corrected chi connectivity index (χ0v) is 13.1. The van der Waals surface area contributed by atoms with Crippen molar-refractivity contribution in [3.63, 3.8) is 0 Å². The van der Waals surface area contributed by atoms with E-state index in [1.165, 1.54) is 43.2 Å². The molecule has 4 saturated carbocycles. The van der Waals surface area contributed by atoms with Crippen molar-refractivity contribution in [1.29, 1.82) is 0 Å². The predicted octanol–water partition coefficient (Wildman–Crippen LogP) is 4.82. The zero-order valence-electron chi connectivity index (χ0n) is 13.1. The molecule has 5 rings (SSSR count). The highest BCUT2D eigenvalue weighted by Gasteiger charge is 2.44. The van der Waals surface area contributed by atoms with Gasteiger partial charge in [0.15, 0.2) is 0 Å². The summed E-state index contributed by atoms with van der Waals surface area (Å²) in [5.41, 5.74) is 4.37. The second-order valence-electron chi connectivity index (χ2n) is 7.46. The van der Waals surface area contributed by atoms with Gasteiger partial charge in [-0.1, -0.05) is 42.0 Å². The first-order valence-corrected chi connectivity index (χ1v) is 8.72. The molecule has 1 heteroatoms. The van der Waals surface area contributed by atoms with E-state index in [0.717, 1.165) is 36.4 Å². The van der Waals surface area contributed by atoms with Crippen molar-refractivity contribution in [2.45, 2.75) is 38.5 Å². The first kappa shape index (κ1) is 14.0. The normalized spacial score (nSPS) is 32.6. The van der Waals surface area contributed by atoms with E-state index in [1.54, 1.807) is 11.6 Å². The molecule has 22 heavy (non-hydrogen) atoms. The smallest absolute Gasteiger partial charge is 0.142 e. The van der Waals surface area contributed by atoms with Crippen LogP contribution in [0, 0.1) is 23.7 Å². The Morgan fingerprint density at radius 3 is 2.14 bits per heavy atom. The highest BCUT2D eigenvalue weighted by Crippen LogP contribution is 2.56. The fourth-order valence-electron chi connectivity index (χ4n) is 5.17. The van der Waals surface area contributed by atoms with Crippen LogP contribution in [0.5, 0.6) is 0 Å². The largest absolute Gasteiger partial charge is 0.299 e. The van der Waals surface area contributed by atoms with Crippen LogP contribution in [-0.2, 0) is 11.2 Å². The molecule has 0 spiro atoms. The van der Waals surface area contributed by atoms with E-state index >= 15 is 0 Å². The maximum atomic E-state index is 10.3. The van der Waals surface area contributed by atoms with Gasteiger partial charge in [0, 0.05) is 0 Å². The summed E-state index contributed by atoms with van der Waals surface area (Å²) in [6, 6.07) is 8.86. The summed E-state index contributed by atoms with van der Waals surface area (Å²) in [5, 5.41) is 0. The van der Waals surface area contributed by atoms with Crippen LogP contribution in [0.3, 0.4) is 0 Å². The Kier molecular flexibility index (Phi) is 3.73. The highest BCUT2D eigenvalue weighted by atomic mass is 16.1. The first-order valence-electron chi connectivity index (χ1n) is 8.72. The quantitative estimate of drug-likeness (QED) is 0.574. The molecule has 0 radical (unpaired) electrons. The number of allylic oxidation sites excluding steroid dienone is 3. The van der Waals surface area contributed by atoms with E-state index < -0.39 is 0 Å². The molecule has 0 N–H and O–H groups in total. The summed E-state index contributed by atoms with van der Waals surface area (Å²) in [6.45, 7) is 0. The SMILES string of the molecule is O=CC=CCc1ccc(C=C2C3CC4CC(C3)CC2C4)cc1. The van der Waals surface area contributed by atoms with E-state index in [9.17, 15) is 4.79 Å². The fourth-order valence-corrected chi connectivity index (χ4v) is 5.17. The molecule has 0 amide bonds. The van der Waals surface area contributed by atoms with Gasteiger partial charge in [-0.15, -0.1) is 0 Å².